The van der Waals surface area contributed by atoms with Gasteiger partial charge in [-0.1, -0.05) is 6.42 Å². The number of hydrogen-bond acceptors (Lipinski definition) is 5. The second-order valence-electron chi connectivity index (χ2n) is 7.22. The van der Waals surface area contributed by atoms with Crippen LogP contribution in [0.3, 0.4) is 0 Å². The average molecular weight is 382 g/mol. The normalized spacial score (nSPS) is 16.2. The second kappa shape index (κ2) is 8.06. The molecule has 1 amide bonds. The Labute approximate surface area is 164 Å². The number of likely N-dealkylation sites (tertiary alicyclic amines) is 1. The molecular formula is C21H26N4O3. The molecule has 1 aromatic carbocycles. The lowest BCUT2D eigenvalue weighted by Gasteiger charge is -2.31. The van der Waals surface area contributed by atoms with Crippen LogP contribution < -0.4 is 10.1 Å². The molecule has 0 saturated carbocycles. The Hall–Kier alpha value is -2.80. The van der Waals surface area contributed by atoms with E-state index in [0.717, 1.165) is 35.6 Å². The van der Waals surface area contributed by atoms with Crippen LogP contribution in [0.1, 0.15) is 54.4 Å². The number of methoxy groups -OCH3 is 1. The van der Waals surface area contributed by atoms with Gasteiger partial charge in [-0.2, -0.15) is 0 Å². The van der Waals surface area contributed by atoms with E-state index in [-0.39, 0.29) is 11.9 Å². The molecule has 1 fully saturated rings. The SMILES string of the molecule is COc1ccc2nc(CNC(=O)c3ccc([C@H](C)N4CCCCC4)o3)[nH]c2c1. The maximum absolute atomic E-state index is 12.5. The summed E-state index contributed by atoms with van der Waals surface area (Å²) in [7, 11) is 1.63. The van der Waals surface area contributed by atoms with E-state index >= 15 is 0 Å². The number of H-pyrrole nitrogens is 1. The lowest BCUT2D eigenvalue weighted by Crippen LogP contribution is -2.32. The minimum Gasteiger partial charge on any atom is -0.497 e. The van der Waals surface area contributed by atoms with E-state index in [1.165, 1.54) is 19.3 Å². The number of ether oxygens (including phenoxy) is 1. The monoisotopic (exact) mass is 382 g/mol. The topological polar surface area (TPSA) is 83.4 Å². The molecule has 148 valence electrons. The smallest absolute Gasteiger partial charge is 0.287 e. The van der Waals surface area contributed by atoms with Crippen molar-refractivity contribution >= 4 is 16.9 Å². The number of rotatable bonds is 6. The summed E-state index contributed by atoms with van der Waals surface area (Å²) in [5.74, 6) is 2.37. The number of imidazole rings is 1. The van der Waals surface area contributed by atoms with Gasteiger partial charge in [-0.15, -0.1) is 0 Å². The molecule has 2 N–H and O–H groups in total. The zero-order chi connectivity index (χ0) is 19.5. The maximum Gasteiger partial charge on any atom is 0.287 e. The van der Waals surface area contributed by atoms with E-state index in [1.807, 2.05) is 24.3 Å². The maximum atomic E-state index is 12.5. The molecular weight excluding hydrogens is 356 g/mol. The summed E-state index contributed by atoms with van der Waals surface area (Å²) in [6.07, 6.45) is 3.74. The first-order valence-electron chi connectivity index (χ1n) is 9.78. The van der Waals surface area contributed by atoms with E-state index in [9.17, 15) is 4.79 Å². The number of amides is 1. The Morgan fingerprint density at radius 3 is 2.89 bits per heavy atom. The number of aromatic nitrogens is 2. The van der Waals surface area contributed by atoms with Crippen molar-refractivity contribution in [2.45, 2.75) is 38.8 Å². The first-order chi connectivity index (χ1) is 13.6. The zero-order valence-corrected chi connectivity index (χ0v) is 16.3. The van der Waals surface area contributed by atoms with Crippen LogP contribution in [0.5, 0.6) is 5.75 Å². The summed E-state index contributed by atoms with van der Waals surface area (Å²) in [4.78, 5) is 22.6. The summed E-state index contributed by atoms with van der Waals surface area (Å²) in [5.41, 5.74) is 1.71. The highest BCUT2D eigenvalue weighted by Crippen LogP contribution is 2.25. The molecule has 2 aromatic heterocycles. The largest absolute Gasteiger partial charge is 0.497 e. The fourth-order valence-corrected chi connectivity index (χ4v) is 3.69. The van der Waals surface area contributed by atoms with Gasteiger partial charge in [0.1, 0.15) is 17.3 Å². The van der Waals surface area contributed by atoms with Gasteiger partial charge < -0.3 is 19.5 Å². The molecule has 7 nitrogen and oxygen atoms in total. The number of aromatic amines is 1. The number of carbonyl (C=O) groups is 1. The molecule has 28 heavy (non-hydrogen) atoms. The van der Waals surface area contributed by atoms with Crippen LogP contribution in [0, 0.1) is 0 Å². The highest BCUT2D eigenvalue weighted by molar-refractivity contribution is 5.91. The number of furan rings is 1. The van der Waals surface area contributed by atoms with Crippen molar-refractivity contribution in [1.29, 1.82) is 0 Å². The molecule has 4 rings (SSSR count). The predicted octanol–water partition coefficient (Wildman–Crippen LogP) is 3.64. The van der Waals surface area contributed by atoms with Crippen LogP contribution in [0.4, 0.5) is 0 Å². The highest BCUT2D eigenvalue weighted by Gasteiger charge is 2.22. The van der Waals surface area contributed by atoms with Crippen molar-refractivity contribution in [2.75, 3.05) is 20.2 Å². The quantitative estimate of drug-likeness (QED) is 0.680. The van der Waals surface area contributed by atoms with Gasteiger partial charge in [0.05, 0.1) is 30.7 Å². The summed E-state index contributed by atoms with van der Waals surface area (Å²) < 4.78 is 11.1. The molecule has 1 aliphatic heterocycles. The van der Waals surface area contributed by atoms with Gasteiger partial charge in [0.25, 0.3) is 5.91 Å². The van der Waals surface area contributed by atoms with Gasteiger partial charge in [0, 0.05) is 6.07 Å². The summed E-state index contributed by atoms with van der Waals surface area (Å²) >= 11 is 0. The Balaban J connectivity index is 1.38. The molecule has 7 heteroatoms. The van der Waals surface area contributed by atoms with Crippen LogP contribution >= 0.6 is 0 Å². The number of hydrogen-bond donors (Lipinski definition) is 2. The summed E-state index contributed by atoms with van der Waals surface area (Å²) in [6, 6.07) is 9.47. The van der Waals surface area contributed by atoms with E-state index in [2.05, 4.69) is 27.1 Å². The van der Waals surface area contributed by atoms with Gasteiger partial charge in [0.2, 0.25) is 0 Å². The molecule has 0 unspecified atom stereocenters. The van der Waals surface area contributed by atoms with Crippen LogP contribution in [0.2, 0.25) is 0 Å². The summed E-state index contributed by atoms with van der Waals surface area (Å²) in [5, 5.41) is 2.87. The fourth-order valence-electron chi connectivity index (χ4n) is 3.69. The van der Waals surface area contributed by atoms with Crippen molar-refractivity contribution < 1.29 is 13.9 Å². The summed E-state index contributed by atoms with van der Waals surface area (Å²) in [6.45, 7) is 4.60. The van der Waals surface area contributed by atoms with E-state index in [4.69, 9.17) is 9.15 Å². The predicted molar refractivity (Wildman–Crippen MR) is 106 cm³/mol. The molecule has 0 aliphatic carbocycles. The van der Waals surface area contributed by atoms with E-state index < -0.39 is 0 Å². The van der Waals surface area contributed by atoms with Crippen LogP contribution in [0.25, 0.3) is 11.0 Å². The Morgan fingerprint density at radius 2 is 2.11 bits per heavy atom. The van der Waals surface area contributed by atoms with Gasteiger partial charge in [-0.25, -0.2) is 4.98 Å². The van der Waals surface area contributed by atoms with Crippen molar-refractivity contribution in [3.8, 4) is 5.75 Å². The van der Waals surface area contributed by atoms with Gasteiger partial charge in [0.15, 0.2) is 5.76 Å². The fraction of sp³-hybridized carbons (Fsp3) is 0.429. The molecule has 1 aliphatic rings. The number of piperidine rings is 1. The van der Waals surface area contributed by atoms with E-state index in [1.54, 1.807) is 13.2 Å². The highest BCUT2D eigenvalue weighted by atomic mass is 16.5. The Bertz CT molecular complexity index is 956. The molecule has 1 saturated heterocycles. The molecule has 1 atom stereocenters. The number of fused-ring (bicyclic) bond motifs is 1. The molecule has 0 bridgehead atoms. The van der Waals surface area contributed by atoms with Crippen LogP contribution in [-0.4, -0.2) is 41.0 Å². The zero-order valence-electron chi connectivity index (χ0n) is 16.3. The van der Waals surface area contributed by atoms with Crippen molar-refractivity contribution in [3.63, 3.8) is 0 Å². The van der Waals surface area contributed by atoms with Gasteiger partial charge in [-0.05, 0) is 57.1 Å². The third kappa shape index (κ3) is 3.89. The second-order valence-corrected chi connectivity index (χ2v) is 7.22. The number of carbonyl (C=O) groups excluding carboxylic acids is 1. The number of nitrogens with zero attached hydrogens (tertiary/aromatic N) is 2. The third-order valence-corrected chi connectivity index (χ3v) is 5.36. The molecule has 0 radical (unpaired) electrons. The average Bonchev–Trinajstić information content (AvgIpc) is 3.38. The number of benzene rings is 1. The Morgan fingerprint density at radius 1 is 1.29 bits per heavy atom. The van der Waals surface area contributed by atoms with Crippen LogP contribution in [-0.2, 0) is 6.54 Å². The van der Waals surface area contributed by atoms with Gasteiger partial charge in [-0.3, -0.25) is 9.69 Å². The lowest BCUT2D eigenvalue weighted by molar-refractivity contribution is 0.0913. The first-order valence-corrected chi connectivity index (χ1v) is 9.78. The molecule has 3 aromatic rings. The molecule has 0 spiro atoms. The molecule has 3 heterocycles. The van der Waals surface area contributed by atoms with Crippen molar-refractivity contribution in [1.82, 2.24) is 20.2 Å². The standard InChI is InChI=1S/C21H26N4O3/c1-14(25-10-4-3-5-11-25)18-8-9-19(28-18)21(26)22-13-20-23-16-7-6-15(27-2)12-17(16)24-20/h6-9,12,14H,3-5,10-11,13H2,1-2H3,(H,22,26)(H,23,24)/t14-/m0/s1. The van der Waals surface area contributed by atoms with Crippen molar-refractivity contribution in [3.05, 3.63) is 47.7 Å². The van der Waals surface area contributed by atoms with Gasteiger partial charge >= 0.3 is 0 Å². The van der Waals surface area contributed by atoms with Crippen LogP contribution in [0.15, 0.2) is 34.7 Å². The minimum absolute atomic E-state index is 0.187. The third-order valence-electron chi connectivity index (χ3n) is 5.36. The van der Waals surface area contributed by atoms with E-state index in [0.29, 0.717) is 18.1 Å². The van der Waals surface area contributed by atoms with Crippen molar-refractivity contribution in [2.24, 2.45) is 0 Å². The first kappa shape index (κ1) is 18.6. The lowest BCUT2D eigenvalue weighted by atomic mass is 10.1. The minimum atomic E-state index is -0.241. The number of nitrogens with one attached hydrogen (secondary N) is 2. The Kier molecular flexibility index (Phi) is 5.34.